The lowest BCUT2D eigenvalue weighted by molar-refractivity contribution is -0.122. The molecule has 0 aliphatic carbocycles. The summed E-state index contributed by atoms with van der Waals surface area (Å²) in [6.07, 6.45) is 1.93. The summed E-state index contributed by atoms with van der Waals surface area (Å²) in [5.41, 5.74) is 1.54. The van der Waals surface area contributed by atoms with Gasteiger partial charge in [0.1, 0.15) is 10.1 Å². The van der Waals surface area contributed by atoms with Crippen LogP contribution in [0.15, 0.2) is 53.4 Å². The number of nitrogens with zero attached hydrogens (tertiary/aromatic N) is 1. The van der Waals surface area contributed by atoms with Gasteiger partial charge in [-0.05, 0) is 59.0 Å². The zero-order chi connectivity index (χ0) is 20.1. The number of rotatable bonds is 6. The SMILES string of the molecule is COc1ccccc1C=C1SC(=S)N(CCC(=O)Nc2ccc(I)cc2)C1=O. The van der Waals surface area contributed by atoms with Crippen molar-refractivity contribution in [2.75, 3.05) is 19.0 Å². The van der Waals surface area contributed by atoms with E-state index in [1.807, 2.05) is 48.5 Å². The number of nitrogens with one attached hydrogen (secondary N) is 1. The molecule has 2 aromatic rings. The Morgan fingerprint density at radius 1 is 1.25 bits per heavy atom. The molecule has 0 aromatic heterocycles. The van der Waals surface area contributed by atoms with E-state index in [-0.39, 0.29) is 24.8 Å². The molecule has 5 nitrogen and oxygen atoms in total. The monoisotopic (exact) mass is 524 g/mol. The Bertz CT molecular complexity index is 945. The third kappa shape index (κ3) is 5.12. The molecule has 1 aliphatic heterocycles. The summed E-state index contributed by atoms with van der Waals surface area (Å²) in [5, 5.41) is 2.83. The van der Waals surface area contributed by atoms with Crippen LogP contribution in [0.25, 0.3) is 6.08 Å². The first-order chi connectivity index (χ1) is 13.5. The number of hydrogen-bond donors (Lipinski definition) is 1. The summed E-state index contributed by atoms with van der Waals surface area (Å²) in [5.74, 6) is 0.330. The molecule has 0 radical (unpaired) electrons. The highest BCUT2D eigenvalue weighted by Crippen LogP contribution is 2.34. The number of ether oxygens (including phenoxy) is 1. The lowest BCUT2D eigenvalue weighted by Crippen LogP contribution is -2.31. The Morgan fingerprint density at radius 2 is 1.96 bits per heavy atom. The second-order valence-corrected chi connectivity index (χ2v) is 8.80. The number of anilines is 1. The number of para-hydroxylation sites is 1. The molecule has 8 heteroatoms. The molecule has 2 aromatic carbocycles. The van der Waals surface area contributed by atoms with Gasteiger partial charge in [-0.1, -0.05) is 42.2 Å². The van der Waals surface area contributed by atoms with Gasteiger partial charge in [0.15, 0.2) is 0 Å². The van der Waals surface area contributed by atoms with Crippen LogP contribution >= 0.6 is 46.6 Å². The van der Waals surface area contributed by atoms with E-state index in [2.05, 4.69) is 27.9 Å². The normalized spacial score (nSPS) is 15.2. The Balaban J connectivity index is 1.63. The molecule has 28 heavy (non-hydrogen) atoms. The fourth-order valence-electron chi connectivity index (χ4n) is 2.59. The van der Waals surface area contributed by atoms with Crippen molar-refractivity contribution in [3.63, 3.8) is 0 Å². The van der Waals surface area contributed by atoms with Crippen LogP contribution in [0.4, 0.5) is 5.69 Å². The van der Waals surface area contributed by atoms with Crippen LogP contribution in [0.2, 0.25) is 0 Å². The maximum Gasteiger partial charge on any atom is 0.266 e. The number of hydrogen-bond acceptors (Lipinski definition) is 5. The van der Waals surface area contributed by atoms with Gasteiger partial charge in [-0.2, -0.15) is 0 Å². The smallest absolute Gasteiger partial charge is 0.266 e. The molecule has 144 valence electrons. The molecule has 1 fully saturated rings. The number of thiocarbonyl (C=S) groups is 1. The predicted octanol–water partition coefficient (Wildman–Crippen LogP) is 4.53. The molecule has 2 amide bonds. The molecule has 0 bridgehead atoms. The highest BCUT2D eigenvalue weighted by atomic mass is 127. The van der Waals surface area contributed by atoms with E-state index < -0.39 is 0 Å². The number of benzene rings is 2. The summed E-state index contributed by atoms with van der Waals surface area (Å²) in [6, 6.07) is 15.0. The van der Waals surface area contributed by atoms with E-state index in [0.29, 0.717) is 15.0 Å². The molecular weight excluding hydrogens is 507 g/mol. The number of carbonyl (C=O) groups is 2. The second-order valence-electron chi connectivity index (χ2n) is 5.88. The number of thioether (sulfide) groups is 1. The van der Waals surface area contributed by atoms with Gasteiger partial charge in [0, 0.05) is 27.8 Å². The van der Waals surface area contributed by atoms with Crippen molar-refractivity contribution in [1.29, 1.82) is 0 Å². The fourth-order valence-corrected chi connectivity index (χ4v) is 4.25. The minimum absolute atomic E-state index is 0.163. The largest absolute Gasteiger partial charge is 0.496 e. The molecule has 0 unspecified atom stereocenters. The van der Waals surface area contributed by atoms with Crippen LogP contribution in [0.3, 0.4) is 0 Å². The first-order valence-corrected chi connectivity index (χ1v) is 10.7. The van der Waals surface area contributed by atoms with Crippen LogP contribution in [0.5, 0.6) is 5.75 Å². The van der Waals surface area contributed by atoms with Crippen molar-refractivity contribution in [2.24, 2.45) is 0 Å². The quantitative estimate of drug-likeness (QED) is 0.342. The van der Waals surface area contributed by atoms with Gasteiger partial charge in [-0.3, -0.25) is 14.5 Å². The summed E-state index contributed by atoms with van der Waals surface area (Å²) >= 11 is 8.77. The fraction of sp³-hybridized carbons (Fsp3) is 0.150. The van der Waals surface area contributed by atoms with Gasteiger partial charge in [-0.15, -0.1) is 0 Å². The van der Waals surface area contributed by atoms with Crippen molar-refractivity contribution in [2.45, 2.75) is 6.42 Å². The van der Waals surface area contributed by atoms with Crippen LogP contribution in [-0.2, 0) is 9.59 Å². The molecule has 0 saturated carbocycles. The maximum atomic E-state index is 12.7. The highest BCUT2D eigenvalue weighted by Gasteiger charge is 2.32. The Kier molecular flexibility index (Phi) is 7.08. The average Bonchev–Trinajstić information content (AvgIpc) is 2.95. The van der Waals surface area contributed by atoms with Crippen LogP contribution in [0.1, 0.15) is 12.0 Å². The lowest BCUT2D eigenvalue weighted by atomic mass is 10.2. The molecular formula is C20H17IN2O3S2. The third-order valence-electron chi connectivity index (χ3n) is 3.99. The molecule has 1 saturated heterocycles. The van der Waals surface area contributed by atoms with Gasteiger partial charge < -0.3 is 10.1 Å². The highest BCUT2D eigenvalue weighted by molar-refractivity contribution is 14.1. The van der Waals surface area contributed by atoms with Crippen molar-refractivity contribution < 1.29 is 14.3 Å². The molecule has 1 heterocycles. The molecule has 3 rings (SSSR count). The van der Waals surface area contributed by atoms with E-state index in [1.54, 1.807) is 13.2 Å². The standard InChI is InChI=1S/C20H17IN2O3S2/c1-26-16-5-3-2-4-13(16)12-17-19(25)23(20(27)28-17)11-10-18(24)22-15-8-6-14(21)7-9-15/h2-9,12H,10-11H2,1H3,(H,22,24). The number of halogens is 1. The molecule has 1 aliphatic rings. The molecule has 0 atom stereocenters. The van der Waals surface area contributed by atoms with E-state index in [9.17, 15) is 9.59 Å². The van der Waals surface area contributed by atoms with Crippen molar-refractivity contribution >= 4 is 74.5 Å². The van der Waals surface area contributed by atoms with Gasteiger partial charge in [0.05, 0.1) is 12.0 Å². The number of carbonyl (C=O) groups excluding carboxylic acids is 2. The summed E-state index contributed by atoms with van der Waals surface area (Å²) < 4.78 is 6.87. The second kappa shape index (κ2) is 9.53. The zero-order valence-electron chi connectivity index (χ0n) is 15.0. The number of methoxy groups -OCH3 is 1. The zero-order valence-corrected chi connectivity index (χ0v) is 18.8. The summed E-state index contributed by atoms with van der Waals surface area (Å²) in [4.78, 5) is 26.9. The van der Waals surface area contributed by atoms with Crippen LogP contribution in [0, 0.1) is 3.57 Å². The number of amides is 2. The van der Waals surface area contributed by atoms with Crippen molar-refractivity contribution in [3.8, 4) is 5.75 Å². The van der Waals surface area contributed by atoms with E-state index >= 15 is 0 Å². The van der Waals surface area contributed by atoms with E-state index in [4.69, 9.17) is 17.0 Å². The molecule has 0 spiro atoms. The maximum absolute atomic E-state index is 12.7. The third-order valence-corrected chi connectivity index (χ3v) is 6.09. The summed E-state index contributed by atoms with van der Waals surface area (Å²) in [6.45, 7) is 0.240. The first-order valence-electron chi connectivity index (χ1n) is 8.42. The Hall–Kier alpha value is -1.91. The first kappa shape index (κ1) is 20.8. The van der Waals surface area contributed by atoms with Gasteiger partial charge in [0.2, 0.25) is 5.91 Å². The van der Waals surface area contributed by atoms with Gasteiger partial charge >= 0.3 is 0 Å². The van der Waals surface area contributed by atoms with E-state index in [0.717, 1.165) is 14.8 Å². The van der Waals surface area contributed by atoms with E-state index in [1.165, 1.54) is 16.7 Å². The Labute approximate surface area is 186 Å². The topological polar surface area (TPSA) is 58.6 Å². The van der Waals surface area contributed by atoms with Crippen LogP contribution < -0.4 is 10.1 Å². The minimum atomic E-state index is -0.192. The van der Waals surface area contributed by atoms with Crippen LogP contribution in [-0.4, -0.2) is 34.7 Å². The lowest BCUT2D eigenvalue weighted by Gasteiger charge is -2.14. The minimum Gasteiger partial charge on any atom is -0.496 e. The predicted molar refractivity (Wildman–Crippen MR) is 125 cm³/mol. The average molecular weight is 524 g/mol. The van der Waals surface area contributed by atoms with Crippen molar-refractivity contribution in [3.05, 3.63) is 62.6 Å². The Morgan fingerprint density at radius 3 is 2.68 bits per heavy atom. The van der Waals surface area contributed by atoms with Gasteiger partial charge in [-0.25, -0.2) is 0 Å². The van der Waals surface area contributed by atoms with Gasteiger partial charge in [0.25, 0.3) is 5.91 Å². The molecule has 1 N–H and O–H groups in total. The summed E-state index contributed by atoms with van der Waals surface area (Å²) in [7, 11) is 1.59. The van der Waals surface area contributed by atoms with Crippen molar-refractivity contribution in [1.82, 2.24) is 4.90 Å².